The van der Waals surface area contributed by atoms with Crippen LogP contribution in [0.25, 0.3) is 0 Å². The predicted molar refractivity (Wildman–Crippen MR) is 45.6 cm³/mol. The van der Waals surface area contributed by atoms with Crippen LogP contribution >= 0.6 is 11.3 Å². The van der Waals surface area contributed by atoms with Gasteiger partial charge in [-0.1, -0.05) is 0 Å². The van der Waals surface area contributed by atoms with Crippen LogP contribution in [0.2, 0.25) is 0 Å². The van der Waals surface area contributed by atoms with Crippen molar-refractivity contribution >= 4 is 17.0 Å². The number of hydrogen-bond acceptors (Lipinski definition) is 5. The maximum absolute atomic E-state index is 10.5. The minimum Gasteiger partial charge on any atom is -0.345 e. The van der Waals surface area contributed by atoms with Crippen molar-refractivity contribution in [3.05, 3.63) is 26.4 Å². The Morgan fingerprint density at radius 2 is 2.23 bits per heavy atom. The van der Waals surface area contributed by atoms with Crippen LogP contribution in [-0.2, 0) is 9.47 Å². The summed E-state index contributed by atoms with van der Waals surface area (Å²) in [6.07, 6.45) is -0.541. The number of nitro groups is 1. The second-order valence-corrected chi connectivity index (χ2v) is 3.45. The van der Waals surface area contributed by atoms with Crippen molar-refractivity contribution in [2.45, 2.75) is 6.29 Å². The van der Waals surface area contributed by atoms with Gasteiger partial charge in [-0.05, 0) is 5.38 Å². The van der Waals surface area contributed by atoms with Crippen LogP contribution in [-0.4, -0.2) is 18.1 Å². The van der Waals surface area contributed by atoms with Gasteiger partial charge in [0, 0.05) is 6.07 Å². The van der Waals surface area contributed by atoms with Crippen LogP contribution in [0.1, 0.15) is 11.2 Å². The number of hydrogen-bond donors (Lipinski definition) is 0. The van der Waals surface area contributed by atoms with Crippen LogP contribution in [0, 0.1) is 10.1 Å². The van der Waals surface area contributed by atoms with Crippen molar-refractivity contribution in [1.29, 1.82) is 0 Å². The molecule has 0 bridgehead atoms. The van der Waals surface area contributed by atoms with Crippen LogP contribution in [0.5, 0.6) is 0 Å². The highest BCUT2D eigenvalue weighted by molar-refractivity contribution is 7.10. The van der Waals surface area contributed by atoms with Crippen molar-refractivity contribution in [1.82, 2.24) is 0 Å². The molecule has 0 aromatic carbocycles. The van der Waals surface area contributed by atoms with Crippen molar-refractivity contribution in [3.8, 4) is 0 Å². The quantitative estimate of drug-likeness (QED) is 0.539. The van der Waals surface area contributed by atoms with Gasteiger partial charge in [0.15, 0.2) is 6.29 Å². The first-order chi connectivity index (χ1) is 6.29. The molecule has 2 rings (SSSR count). The molecule has 1 aromatic rings. The largest absolute Gasteiger partial charge is 0.345 e. The van der Waals surface area contributed by atoms with E-state index in [9.17, 15) is 10.1 Å². The van der Waals surface area contributed by atoms with E-state index in [1.807, 2.05) is 0 Å². The molecule has 70 valence electrons. The lowest BCUT2D eigenvalue weighted by Crippen LogP contribution is -1.98. The summed E-state index contributed by atoms with van der Waals surface area (Å²) in [4.78, 5) is 10.7. The Labute approximate surface area is 78.0 Å². The molecule has 0 radical (unpaired) electrons. The monoisotopic (exact) mass is 201 g/mol. The third-order valence-corrected chi connectivity index (χ3v) is 2.63. The van der Waals surface area contributed by atoms with E-state index in [2.05, 4.69) is 0 Å². The second-order valence-electron chi connectivity index (χ2n) is 2.50. The molecule has 0 saturated carbocycles. The molecular weight excluding hydrogens is 194 g/mol. The molecule has 1 aliphatic rings. The Morgan fingerprint density at radius 1 is 1.54 bits per heavy atom. The molecule has 1 aromatic heterocycles. The van der Waals surface area contributed by atoms with Gasteiger partial charge in [-0.25, -0.2) is 0 Å². The van der Waals surface area contributed by atoms with E-state index in [0.717, 1.165) is 0 Å². The molecule has 5 nitrogen and oxygen atoms in total. The van der Waals surface area contributed by atoms with Gasteiger partial charge in [0.2, 0.25) is 0 Å². The number of thiophene rings is 1. The minimum absolute atomic E-state index is 0.0805. The zero-order chi connectivity index (χ0) is 9.26. The summed E-state index contributed by atoms with van der Waals surface area (Å²) in [6.45, 7) is 0.999. The van der Waals surface area contributed by atoms with Crippen molar-refractivity contribution in [3.63, 3.8) is 0 Å². The molecule has 0 aliphatic carbocycles. The Morgan fingerprint density at radius 3 is 2.85 bits per heavy atom. The number of rotatable bonds is 2. The first-order valence-electron chi connectivity index (χ1n) is 3.74. The van der Waals surface area contributed by atoms with Crippen LogP contribution < -0.4 is 0 Å². The molecule has 0 atom stereocenters. The lowest BCUT2D eigenvalue weighted by Gasteiger charge is -2.04. The lowest BCUT2D eigenvalue weighted by molar-refractivity contribution is -0.386. The maximum Gasteiger partial charge on any atom is 0.288 e. The normalized spacial score (nSPS) is 17.8. The van der Waals surface area contributed by atoms with Gasteiger partial charge in [0.1, 0.15) is 4.88 Å². The molecule has 0 N–H and O–H groups in total. The third-order valence-electron chi connectivity index (χ3n) is 1.71. The van der Waals surface area contributed by atoms with E-state index in [1.165, 1.54) is 17.4 Å². The summed E-state index contributed by atoms with van der Waals surface area (Å²) in [5.74, 6) is 0. The van der Waals surface area contributed by atoms with Gasteiger partial charge in [-0.2, -0.15) is 0 Å². The molecule has 0 spiro atoms. The summed E-state index contributed by atoms with van der Waals surface area (Å²) in [5, 5.41) is 12.2. The molecular formula is C7H7NO4S. The average molecular weight is 201 g/mol. The molecule has 2 heterocycles. The summed E-state index contributed by atoms with van der Waals surface area (Å²) in [7, 11) is 0. The highest BCUT2D eigenvalue weighted by Crippen LogP contribution is 2.35. The number of ether oxygens (including phenoxy) is 2. The first-order valence-corrected chi connectivity index (χ1v) is 4.62. The van der Waals surface area contributed by atoms with E-state index < -0.39 is 11.2 Å². The topological polar surface area (TPSA) is 61.6 Å². The summed E-state index contributed by atoms with van der Waals surface area (Å²) < 4.78 is 10.3. The van der Waals surface area contributed by atoms with Crippen molar-refractivity contribution in [2.75, 3.05) is 13.2 Å². The molecule has 1 aliphatic heterocycles. The van der Waals surface area contributed by atoms with Gasteiger partial charge in [0.05, 0.1) is 18.1 Å². The zero-order valence-corrected chi connectivity index (χ0v) is 7.45. The van der Waals surface area contributed by atoms with Gasteiger partial charge in [-0.15, -0.1) is 11.3 Å². The summed E-state index contributed by atoms with van der Waals surface area (Å²) >= 11 is 1.28. The smallest absolute Gasteiger partial charge is 0.288 e. The maximum atomic E-state index is 10.5. The minimum atomic E-state index is -0.541. The molecule has 0 unspecified atom stereocenters. The zero-order valence-electron chi connectivity index (χ0n) is 6.63. The van der Waals surface area contributed by atoms with Crippen LogP contribution in [0.4, 0.5) is 5.69 Å². The summed E-state index contributed by atoms with van der Waals surface area (Å²) in [5.41, 5.74) is 0.0805. The molecule has 13 heavy (non-hydrogen) atoms. The van der Waals surface area contributed by atoms with Gasteiger partial charge in [0.25, 0.3) is 5.69 Å². The summed E-state index contributed by atoms with van der Waals surface area (Å²) in [6, 6.07) is 1.46. The Bertz CT molecular complexity index is 318. The molecule has 6 heteroatoms. The molecule has 1 fully saturated rings. The predicted octanol–water partition coefficient (Wildman–Crippen LogP) is 1.70. The van der Waals surface area contributed by atoms with Gasteiger partial charge in [-0.3, -0.25) is 10.1 Å². The fraction of sp³-hybridized carbons (Fsp3) is 0.429. The van der Waals surface area contributed by atoms with E-state index >= 15 is 0 Å². The third kappa shape index (κ3) is 1.55. The Kier molecular flexibility index (Phi) is 2.26. The van der Waals surface area contributed by atoms with E-state index in [0.29, 0.717) is 18.1 Å². The lowest BCUT2D eigenvalue weighted by atomic mass is 10.4. The van der Waals surface area contributed by atoms with Crippen LogP contribution in [0.3, 0.4) is 0 Å². The van der Waals surface area contributed by atoms with E-state index in [1.54, 1.807) is 5.38 Å². The Hall–Kier alpha value is -0.980. The highest BCUT2D eigenvalue weighted by atomic mass is 32.1. The highest BCUT2D eigenvalue weighted by Gasteiger charge is 2.27. The van der Waals surface area contributed by atoms with Gasteiger partial charge < -0.3 is 9.47 Å². The molecule has 0 amide bonds. The van der Waals surface area contributed by atoms with Crippen molar-refractivity contribution in [2.24, 2.45) is 0 Å². The molecule has 1 saturated heterocycles. The number of nitrogens with zero attached hydrogens (tertiary/aromatic N) is 1. The Balaban J connectivity index is 2.28. The van der Waals surface area contributed by atoms with E-state index in [4.69, 9.17) is 9.47 Å². The second kappa shape index (κ2) is 3.41. The standard InChI is InChI=1S/C7H7NO4S/c9-8(10)5-1-4-13-6(5)7-11-2-3-12-7/h1,4,7H,2-3H2. The van der Waals surface area contributed by atoms with E-state index in [-0.39, 0.29) is 5.69 Å². The average Bonchev–Trinajstić information content (AvgIpc) is 2.74. The fourth-order valence-electron chi connectivity index (χ4n) is 1.15. The SMILES string of the molecule is O=[N+]([O-])c1ccsc1C1OCCO1. The van der Waals surface area contributed by atoms with Crippen LogP contribution in [0.15, 0.2) is 11.4 Å². The fourth-order valence-corrected chi connectivity index (χ4v) is 2.01. The first kappa shape index (κ1) is 8.61. The van der Waals surface area contributed by atoms with Crippen molar-refractivity contribution < 1.29 is 14.4 Å². The van der Waals surface area contributed by atoms with Gasteiger partial charge >= 0.3 is 0 Å².